The van der Waals surface area contributed by atoms with Crippen LogP contribution >= 0.6 is 0 Å². The van der Waals surface area contributed by atoms with Gasteiger partial charge in [-0.25, -0.2) is 0 Å². The fraction of sp³-hybridized carbons (Fsp3) is 0.235. The molecule has 0 spiro atoms. The highest BCUT2D eigenvalue weighted by Crippen LogP contribution is 2.08. The quantitative estimate of drug-likeness (QED) is 0.797. The lowest BCUT2D eigenvalue weighted by Gasteiger charge is -2.16. The fourth-order valence-corrected chi connectivity index (χ4v) is 2.16. The first-order valence-electron chi connectivity index (χ1n) is 6.97. The van der Waals surface area contributed by atoms with Crippen LogP contribution in [0.5, 0.6) is 0 Å². The maximum absolute atomic E-state index is 11.9. The highest BCUT2D eigenvalue weighted by Gasteiger charge is 2.07. The Hall–Kier alpha value is -2.33. The Morgan fingerprint density at radius 2 is 1.81 bits per heavy atom. The highest BCUT2D eigenvalue weighted by molar-refractivity contribution is 5.77. The number of hydrogen-bond donors (Lipinski definition) is 2. The van der Waals surface area contributed by atoms with E-state index in [1.165, 1.54) is 0 Å². The molecule has 0 bridgehead atoms. The van der Waals surface area contributed by atoms with Crippen LogP contribution in [0.25, 0.3) is 0 Å². The lowest BCUT2D eigenvalue weighted by atomic mass is 10.2. The minimum atomic E-state index is 0.0188. The van der Waals surface area contributed by atoms with Crippen LogP contribution in [-0.2, 0) is 17.9 Å². The van der Waals surface area contributed by atoms with E-state index in [1.54, 1.807) is 0 Å². The molecule has 0 aromatic heterocycles. The summed E-state index contributed by atoms with van der Waals surface area (Å²) in [6, 6.07) is 17.6. The molecule has 2 rings (SSSR count). The van der Waals surface area contributed by atoms with Gasteiger partial charge >= 0.3 is 0 Å². The van der Waals surface area contributed by atoms with Crippen molar-refractivity contribution in [2.24, 2.45) is 0 Å². The minimum Gasteiger partial charge on any atom is -0.399 e. The van der Waals surface area contributed by atoms with Gasteiger partial charge in [0, 0.05) is 18.8 Å². The van der Waals surface area contributed by atoms with Crippen LogP contribution in [0.4, 0.5) is 5.69 Å². The molecule has 0 aliphatic heterocycles. The third kappa shape index (κ3) is 5.28. The van der Waals surface area contributed by atoms with E-state index in [0.29, 0.717) is 19.6 Å². The Morgan fingerprint density at radius 1 is 1.10 bits per heavy atom. The Morgan fingerprint density at radius 3 is 2.52 bits per heavy atom. The fourth-order valence-electron chi connectivity index (χ4n) is 2.16. The Balaban J connectivity index is 1.77. The van der Waals surface area contributed by atoms with E-state index in [1.807, 2.05) is 66.5 Å². The molecule has 4 heteroatoms. The average molecular weight is 283 g/mol. The summed E-state index contributed by atoms with van der Waals surface area (Å²) in [5.74, 6) is 0.0188. The molecule has 0 saturated heterocycles. The first-order valence-corrected chi connectivity index (χ1v) is 6.97. The van der Waals surface area contributed by atoms with Crippen LogP contribution in [0, 0.1) is 0 Å². The zero-order valence-electron chi connectivity index (χ0n) is 12.3. The Kier molecular flexibility index (Phi) is 5.35. The number of carbonyl (C=O) groups is 1. The number of benzene rings is 2. The molecule has 0 aliphatic rings. The second-order valence-electron chi connectivity index (χ2n) is 5.18. The van der Waals surface area contributed by atoms with Crippen LogP contribution in [0.3, 0.4) is 0 Å². The molecule has 0 unspecified atom stereocenters. The van der Waals surface area contributed by atoms with Gasteiger partial charge in [-0.1, -0.05) is 42.5 Å². The van der Waals surface area contributed by atoms with Crippen molar-refractivity contribution in [3.63, 3.8) is 0 Å². The van der Waals surface area contributed by atoms with Crippen LogP contribution in [0.1, 0.15) is 11.1 Å². The summed E-state index contributed by atoms with van der Waals surface area (Å²) in [7, 11) is 1.92. The number of carbonyl (C=O) groups excluding carboxylic acids is 1. The van der Waals surface area contributed by atoms with Gasteiger partial charge in [0.1, 0.15) is 0 Å². The maximum Gasteiger partial charge on any atom is 0.234 e. The smallest absolute Gasteiger partial charge is 0.234 e. The molecule has 0 fully saturated rings. The molecular weight excluding hydrogens is 262 g/mol. The van der Waals surface area contributed by atoms with Gasteiger partial charge in [0.25, 0.3) is 0 Å². The summed E-state index contributed by atoms with van der Waals surface area (Å²) in [4.78, 5) is 13.9. The van der Waals surface area contributed by atoms with Gasteiger partial charge in [-0.3, -0.25) is 9.69 Å². The number of nitrogens with one attached hydrogen (secondary N) is 1. The zero-order valence-corrected chi connectivity index (χ0v) is 12.3. The lowest BCUT2D eigenvalue weighted by Crippen LogP contribution is -2.34. The van der Waals surface area contributed by atoms with E-state index in [0.717, 1.165) is 16.8 Å². The molecule has 0 atom stereocenters. The van der Waals surface area contributed by atoms with E-state index >= 15 is 0 Å². The number of anilines is 1. The minimum absolute atomic E-state index is 0.0188. The summed E-state index contributed by atoms with van der Waals surface area (Å²) < 4.78 is 0. The summed E-state index contributed by atoms with van der Waals surface area (Å²) in [6.07, 6.45) is 0. The average Bonchev–Trinajstić information content (AvgIpc) is 2.46. The number of rotatable bonds is 6. The lowest BCUT2D eigenvalue weighted by molar-refractivity contribution is -0.122. The molecule has 0 heterocycles. The van der Waals surface area contributed by atoms with Crippen LogP contribution < -0.4 is 11.1 Å². The van der Waals surface area contributed by atoms with Crippen LogP contribution in [0.2, 0.25) is 0 Å². The van der Waals surface area contributed by atoms with Crippen molar-refractivity contribution in [3.8, 4) is 0 Å². The first-order chi connectivity index (χ1) is 10.1. The Bertz CT molecular complexity index is 584. The van der Waals surface area contributed by atoms with Gasteiger partial charge in [0.05, 0.1) is 6.54 Å². The second kappa shape index (κ2) is 7.45. The number of amides is 1. The molecular formula is C17H21N3O. The monoisotopic (exact) mass is 283 g/mol. The van der Waals surface area contributed by atoms with E-state index in [-0.39, 0.29) is 5.91 Å². The van der Waals surface area contributed by atoms with Gasteiger partial charge in [0.15, 0.2) is 0 Å². The SMILES string of the molecule is CN(CC(=O)NCc1ccccc1)Cc1cccc(N)c1. The molecule has 0 radical (unpaired) electrons. The van der Waals surface area contributed by atoms with Gasteiger partial charge in [-0.2, -0.15) is 0 Å². The van der Waals surface area contributed by atoms with E-state index in [2.05, 4.69) is 5.32 Å². The van der Waals surface area contributed by atoms with Crippen molar-refractivity contribution in [3.05, 3.63) is 65.7 Å². The number of nitrogen functional groups attached to an aromatic ring is 1. The van der Waals surface area contributed by atoms with Gasteiger partial charge < -0.3 is 11.1 Å². The predicted octanol–water partition coefficient (Wildman–Crippen LogP) is 2.02. The molecule has 21 heavy (non-hydrogen) atoms. The predicted molar refractivity (Wildman–Crippen MR) is 85.5 cm³/mol. The standard InChI is InChI=1S/C17H21N3O/c1-20(12-15-8-5-9-16(18)10-15)13-17(21)19-11-14-6-3-2-4-7-14/h2-10H,11-13,18H2,1H3,(H,19,21). The van der Waals surface area contributed by atoms with Crippen LogP contribution in [0.15, 0.2) is 54.6 Å². The second-order valence-corrected chi connectivity index (χ2v) is 5.18. The van der Waals surface area contributed by atoms with E-state index in [4.69, 9.17) is 5.73 Å². The third-order valence-corrected chi connectivity index (χ3v) is 3.15. The molecule has 0 aliphatic carbocycles. The number of likely N-dealkylation sites (N-methyl/N-ethyl adjacent to an activating group) is 1. The van der Waals surface area contributed by atoms with E-state index < -0.39 is 0 Å². The topological polar surface area (TPSA) is 58.4 Å². The van der Waals surface area contributed by atoms with Crippen molar-refractivity contribution < 1.29 is 4.79 Å². The van der Waals surface area contributed by atoms with E-state index in [9.17, 15) is 4.79 Å². The van der Waals surface area contributed by atoms with Crippen molar-refractivity contribution in [1.82, 2.24) is 10.2 Å². The van der Waals surface area contributed by atoms with Crippen LogP contribution in [-0.4, -0.2) is 24.4 Å². The van der Waals surface area contributed by atoms with Gasteiger partial charge in [-0.05, 0) is 30.3 Å². The first kappa shape index (κ1) is 15.1. The molecule has 1 amide bonds. The summed E-state index contributed by atoms with van der Waals surface area (Å²) >= 11 is 0. The number of hydrogen-bond acceptors (Lipinski definition) is 3. The molecule has 3 N–H and O–H groups in total. The maximum atomic E-state index is 11.9. The van der Waals surface area contributed by atoms with Crippen molar-refractivity contribution in [2.45, 2.75) is 13.1 Å². The molecule has 2 aromatic rings. The van der Waals surface area contributed by atoms with Gasteiger partial charge in [-0.15, -0.1) is 0 Å². The van der Waals surface area contributed by atoms with Crippen molar-refractivity contribution in [2.75, 3.05) is 19.3 Å². The normalized spacial score (nSPS) is 10.6. The van der Waals surface area contributed by atoms with Gasteiger partial charge in [0.2, 0.25) is 5.91 Å². The van der Waals surface area contributed by atoms with Crippen molar-refractivity contribution in [1.29, 1.82) is 0 Å². The summed E-state index contributed by atoms with van der Waals surface area (Å²) in [5, 5.41) is 2.92. The molecule has 0 saturated carbocycles. The van der Waals surface area contributed by atoms with Crippen molar-refractivity contribution >= 4 is 11.6 Å². The number of nitrogens with zero attached hydrogens (tertiary/aromatic N) is 1. The third-order valence-electron chi connectivity index (χ3n) is 3.15. The number of nitrogens with two attached hydrogens (primary N) is 1. The highest BCUT2D eigenvalue weighted by atomic mass is 16.2. The Labute approximate surface area is 125 Å². The summed E-state index contributed by atoms with van der Waals surface area (Å²) in [5.41, 5.74) is 8.70. The molecule has 110 valence electrons. The molecule has 4 nitrogen and oxygen atoms in total. The summed E-state index contributed by atoms with van der Waals surface area (Å²) in [6.45, 7) is 1.62. The zero-order chi connectivity index (χ0) is 15.1. The largest absolute Gasteiger partial charge is 0.399 e. The molecule has 2 aromatic carbocycles.